The van der Waals surface area contributed by atoms with Crippen LogP contribution < -0.4 is 10.2 Å². The zero-order valence-corrected chi connectivity index (χ0v) is 16.6. The highest BCUT2D eigenvalue weighted by atomic mass is 32.2. The van der Waals surface area contributed by atoms with Crippen molar-refractivity contribution in [2.75, 3.05) is 0 Å². The molecule has 142 valence electrons. The number of hydrazone groups is 1. The normalized spacial score (nSPS) is 15.7. The first kappa shape index (κ1) is 17.8. The van der Waals surface area contributed by atoms with E-state index in [4.69, 9.17) is 4.74 Å². The summed E-state index contributed by atoms with van der Waals surface area (Å²) in [5.74, 6) is 0.870. The molecule has 0 saturated heterocycles. The number of nitrogens with zero attached hydrogens (tertiary/aromatic N) is 1. The van der Waals surface area contributed by atoms with Crippen molar-refractivity contribution in [3.8, 4) is 5.75 Å². The zero-order chi connectivity index (χ0) is 19.5. The van der Waals surface area contributed by atoms with E-state index < -0.39 is 0 Å². The van der Waals surface area contributed by atoms with Crippen molar-refractivity contribution in [3.63, 3.8) is 0 Å². The molecule has 1 atom stereocenters. The second-order valence-electron chi connectivity index (χ2n) is 6.95. The molecule has 0 aromatic heterocycles. The minimum Gasteiger partial charge on any atom is -0.489 e. The van der Waals surface area contributed by atoms with E-state index in [1.54, 1.807) is 11.8 Å². The summed E-state index contributed by atoms with van der Waals surface area (Å²) >= 11 is 1.73. The molecule has 29 heavy (non-hydrogen) atoms. The predicted molar refractivity (Wildman–Crippen MR) is 121 cm³/mol. The number of hydrogen-bond donors (Lipinski definition) is 1. The van der Waals surface area contributed by atoms with Crippen LogP contribution in [0.1, 0.15) is 22.1 Å². The first-order chi connectivity index (χ1) is 14.3. The minimum absolute atomic E-state index is 0.125. The number of benzene rings is 4. The highest BCUT2D eigenvalue weighted by molar-refractivity contribution is 8.14. The Labute approximate surface area is 174 Å². The maximum absolute atomic E-state index is 5.99. The van der Waals surface area contributed by atoms with E-state index in [1.165, 1.54) is 21.9 Å². The maximum atomic E-state index is 5.99. The molecule has 5 rings (SSSR count). The van der Waals surface area contributed by atoms with E-state index in [2.05, 4.69) is 77.3 Å². The molecule has 0 amide bonds. The van der Waals surface area contributed by atoms with Gasteiger partial charge in [0.15, 0.2) is 0 Å². The Morgan fingerprint density at radius 3 is 2.38 bits per heavy atom. The summed E-state index contributed by atoms with van der Waals surface area (Å²) in [6.07, 6.45) is 0. The van der Waals surface area contributed by atoms with Gasteiger partial charge in [0.25, 0.3) is 0 Å². The van der Waals surface area contributed by atoms with Crippen LogP contribution in [0.3, 0.4) is 0 Å². The van der Waals surface area contributed by atoms with Gasteiger partial charge in [-0.2, -0.15) is 5.10 Å². The summed E-state index contributed by atoms with van der Waals surface area (Å²) in [6.45, 7) is 0.557. The fourth-order valence-corrected chi connectivity index (χ4v) is 4.37. The second-order valence-corrected chi connectivity index (χ2v) is 8.04. The molecule has 1 aliphatic heterocycles. The van der Waals surface area contributed by atoms with Crippen LogP contribution in [0.2, 0.25) is 0 Å². The maximum Gasteiger partial charge on any atom is 0.126 e. The fourth-order valence-electron chi connectivity index (χ4n) is 3.37. The molecule has 1 aliphatic rings. The summed E-state index contributed by atoms with van der Waals surface area (Å²) < 4.78 is 5.99. The highest BCUT2D eigenvalue weighted by Gasteiger charge is 2.21. The lowest BCUT2D eigenvalue weighted by Crippen LogP contribution is -2.06. The van der Waals surface area contributed by atoms with Crippen LogP contribution in [0.4, 0.5) is 0 Å². The molecule has 0 bridgehead atoms. The van der Waals surface area contributed by atoms with Crippen molar-refractivity contribution in [2.24, 2.45) is 5.10 Å². The molecule has 1 N–H and O–H groups in total. The summed E-state index contributed by atoms with van der Waals surface area (Å²) in [6, 6.07) is 33.3. The number of nitrogens with one attached hydrogen (secondary N) is 1. The smallest absolute Gasteiger partial charge is 0.126 e. The van der Waals surface area contributed by atoms with Crippen molar-refractivity contribution < 1.29 is 4.74 Å². The first-order valence-corrected chi connectivity index (χ1v) is 10.5. The topological polar surface area (TPSA) is 33.6 Å². The van der Waals surface area contributed by atoms with Crippen LogP contribution in [0.25, 0.3) is 10.8 Å². The number of hydrogen-bond acceptors (Lipinski definition) is 4. The lowest BCUT2D eigenvalue weighted by Gasteiger charge is -2.11. The SMILES string of the molecule is c1ccc(C2=NN[C@H](c3ccc(OCc4ccc5ccccc5c4)cc3)S2)cc1. The van der Waals surface area contributed by atoms with Crippen molar-refractivity contribution in [1.82, 2.24) is 5.43 Å². The van der Waals surface area contributed by atoms with Gasteiger partial charge in [-0.1, -0.05) is 90.6 Å². The lowest BCUT2D eigenvalue weighted by atomic mass is 10.1. The average Bonchev–Trinajstić information content (AvgIpc) is 3.29. The Morgan fingerprint density at radius 2 is 1.55 bits per heavy atom. The minimum atomic E-state index is 0.125. The number of thioether (sulfide) groups is 1. The molecule has 0 aliphatic carbocycles. The van der Waals surface area contributed by atoms with E-state index >= 15 is 0 Å². The van der Waals surface area contributed by atoms with Crippen LogP contribution in [-0.4, -0.2) is 5.04 Å². The number of rotatable bonds is 5. The Hall–Kier alpha value is -3.24. The zero-order valence-electron chi connectivity index (χ0n) is 15.8. The molecule has 4 aromatic carbocycles. The third-order valence-electron chi connectivity index (χ3n) is 4.94. The standard InChI is InChI=1S/C25H20N2OS/c1-2-7-20(8-3-1)24-26-27-25(29-24)21-12-14-23(15-13-21)28-17-18-10-11-19-6-4-5-9-22(19)16-18/h1-16,25,27H,17H2/t25-/m0/s1. The molecule has 1 heterocycles. The molecule has 0 saturated carbocycles. The van der Waals surface area contributed by atoms with Crippen molar-refractivity contribution in [2.45, 2.75) is 12.0 Å². The van der Waals surface area contributed by atoms with Gasteiger partial charge in [0.2, 0.25) is 0 Å². The highest BCUT2D eigenvalue weighted by Crippen LogP contribution is 2.34. The van der Waals surface area contributed by atoms with Gasteiger partial charge in [0, 0.05) is 5.56 Å². The van der Waals surface area contributed by atoms with Gasteiger partial charge in [0.1, 0.15) is 22.8 Å². The van der Waals surface area contributed by atoms with Crippen molar-refractivity contribution >= 4 is 27.6 Å². The van der Waals surface area contributed by atoms with Crippen LogP contribution in [-0.2, 0) is 6.61 Å². The van der Waals surface area contributed by atoms with Gasteiger partial charge in [-0.3, -0.25) is 5.43 Å². The van der Waals surface area contributed by atoms with Crippen molar-refractivity contribution in [1.29, 1.82) is 0 Å². The van der Waals surface area contributed by atoms with Crippen LogP contribution in [0, 0.1) is 0 Å². The molecule has 0 spiro atoms. The molecule has 0 fully saturated rings. The summed E-state index contributed by atoms with van der Waals surface area (Å²) in [4.78, 5) is 0. The van der Waals surface area contributed by atoms with Gasteiger partial charge in [0.05, 0.1) is 0 Å². The van der Waals surface area contributed by atoms with E-state index in [9.17, 15) is 0 Å². The van der Waals surface area contributed by atoms with E-state index in [0.717, 1.165) is 16.4 Å². The van der Waals surface area contributed by atoms with Crippen molar-refractivity contribution in [3.05, 3.63) is 114 Å². The third kappa shape index (κ3) is 3.98. The third-order valence-corrected chi connectivity index (χ3v) is 6.10. The molecule has 4 heteroatoms. The fraction of sp³-hybridized carbons (Fsp3) is 0.0800. The van der Waals surface area contributed by atoms with Gasteiger partial charge in [-0.05, 0) is 40.1 Å². The largest absolute Gasteiger partial charge is 0.489 e. The number of fused-ring (bicyclic) bond motifs is 1. The van der Waals surface area contributed by atoms with Gasteiger partial charge in [-0.25, -0.2) is 0 Å². The predicted octanol–water partition coefficient (Wildman–Crippen LogP) is 6.12. The molecule has 0 radical (unpaired) electrons. The van der Waals surface area contributed by atoms with Crippen LogP contribution in [0.5, 0.6) is 5.75 Å². The van der Waals surface area contributed by atoms with Crippen LogP contribution >= 0.6 is 11.8 Å². The van der Waals surface area contributed by atoms with E-state index in [0.29, 0.717) is 6.61 Å². The molecule has 3 nitrogen and oxygen atoms in total. The quantitative estimate of drug-likeness (QED) is 0.441. The second kappa shape index (κ2) is 8.02. The molecule has 4 aromatic rings. The van der Waals surface area contributed by atoms with Gasteiger partial charge >= 0.3 is 0 Å². The Balaban J connectivity index is 1.21. The monoisotopic (exact) mass is 396 g/mol. The molecular formula is C25H20N2OS. The van der Waals surface area contributed by atoms with Gasteiger partial charge < -0.3 is 4.74 Å². The van der Waals surface area contributed by atoms with Crippen LogP contribution in [0.15, 0.2) is 102 Å². The molecule has 0 unspecified atom stereocenters. The number of ether oxygens (including phenoxy) is 1. The summed E-state index contributed by atoms with van der Waals surface area (Å²) in [7, 11) is 0. The van der Waals surface area contributed by atoms with E-state index in [1.807, 2.05) is 30.3 Å². The average molecular weight is 397 g/mol. The first-order valence-electron chi connectivity index (χ1n) is 9.61. The Bertz CT molecular complexity index is 1160. The Kier molecular flexibility index (Phi) is 4.93. The molecular weight excluding hydrogens is 376 g/mol. The Morgan fingerprint density at radius 1 is 0.793 bits per heavy atom. The lowest BCUT2D eigenvalue weighted by molar-refractivity contribution is 0.306. The van der Waals surface area contributed by atoms with Gasteiger partial charge in [-0.15, -0.1) is 0 Å². The summed E-state index contributed by atoms with van der Waals surface area (Å²) in [5.41, 5.74) is 6.72. The summed E-state index contributed by atoms with van der Waals surface area (Å²) in [5, 5.41) is 8.12. The van der Waals surface area contributed by atoms with E-state index in [-0.39, 0.29) is 5.37 Å².